The largest absolute Gasteiger partial charge is 0.399 e. The average Bonchev–Trinajstić information content (AvgIpc) is 3.64. The molecule has 7 nitrogen and oxygen atoms in total. The normalized spacial score (nSPS) is 17.0. The number of fused-ring (bicyclic) bond motifs is 4. The third-order valence-corrected chi connectivity index (χ3v) is 9.12. The predicted octanol–water partition coefficient (Wildman–Crippen LogP) is 7.33. The average molecular weight is 577 g/mol. The first-order valence-corrected chi connectivity index (χ1v) is 15.1. The molecule has 6 aromatic rings. The molecule has 6 N–H and O–H groups in total. The highest BCUT2D eigenvalue weighted by Gasteiger charge is 2.25. The molecular weight excluding hydrogens is 544 g/mol. The number of hydrogen-bond donors (Lipinski definition) is 4. The van der Waals surface area contributed by atoms with Crippen LogP contribution in [0.25, 0.3) is 32.9 Å². The van der Waals surface area contributed by atoms with E-state index in [1.165, 1.54) is 22.3 Å². The lowest BCUT2D eigenvalue weighted by atomic mass is 10.00. The lowest BCUT2D eigenvalue weighted by molar-refractivity contribution is 0.100. The van der Waals surface area contributed by atoms with E-state index >= 15 is 0 Å². The molecule has 0 bridgehead atoms. The van der Waals surface area contributed by atoms with E-state index in [1.807, 2.05) is 36.4 Å². The lowest BCUT2D eigenvalue weighted by Gasteiger charge is -2.20. The Morgan fingerprint density at radius 3 is 1.95 bits per heavy atom. The Hall–Kier alpha value is -5.43. The van der Waals surface area contributed by atoms with Crippen LogP contribution in [0.15, 0.2) is 97.1 Å². The highest BCUT2D eigenvalue weighted by molar-refractivity contribution is 6.02. The third kappa shape index (κ3) is 4.57. The molecule has 8 rings (SSSR count). The minimum Gasteiger partial charge on any atom is -0.399 e. The summed E-state index contributed by atoms with van der Waals surface area (Å²) in [6, 6.07) is 33.2. The monoisotopic (exact) mass is 576 g/mol. The molecule has 0 spiro atoms. The van der Waals surface area contributed by atoms with Crippen molar-refractivity contribution >= 4 is 45.0 Å². The van der Waals surface area contributed by atoms with Gasteiger partial charge in [0.1, 0.15) is 11.6 Å². The molecule has 2 heterocycles. The van der Waals surface area contributed by atoms with Crippen LogP contribution in [0.5, 0.6) is 0 Å². The SMILES string of the molecule is NC(=O)c1cc2cc(-c3cc4cc(N)ccc4nc3N[C@@H]3CCc4ccccc43)ccc2nc1N[C@@H]1CCc2ccccc21. The fraction of sp³-hybridized carbons (Fsp3) is 0.162. The van der Waals surface area contributed by atoms with Gasteiger partial charge in [-0.1, -0.05) is 54.6 Å². The second kappa shape index (κ2) is 10.4. The van der Waals surface area contributed by atoms with Crippen molar-refractivity contribution < 1.29 is 4.79 Å². The summed E-state index contributed by atoms with van der Waals surface area (Å²) in [4.78, 5) is 22.7. The molecule has 1 amide bonds. The maximum Gasteiger partial charge on any atom is 0.252 e. The van der Waals surface area contributed by atoms with Gasteiger partial charge in [-0.05, 0) is 96.0 Å². The summed E-state index contributed by atoms with van der Waals surface area (Å²) in [6.07, 6.45) is 3.97. The number of hydrogen-bond acceptors (Lipinski definition) is 6. The molecule has 2 atom stereocenters. The molecule has 0 aliphatic heterocycles. The van der Waals surface area contributed by atoms with Crippen molar-refractivity contribution in [1.82, 2.24) is 9.97 Å². The van der Waals surface area contributed by atoms with E-state index in [-0.39, 0.29) is 12.1 Å². The molecular formula is C37H32N6O. The van der Waals surface area contributed by atoms with E-state index in [1.54, 1.807) is 0 Å². The summed E-state index contributed by atoms with van der Waals surface area (Å²) < 4.78 is 0. The summed E-state index contributed by atoms with van der Waals surface area (Å²) in [5, 5.41) is 9.08. The van der Waals surface area contributed by atoms with Gasteiger partial charge in [-0.15, -0.1) is 0 Å². The molecule has 4 aromatic carbocycles. The number of nitrogens with two attached hydrogens (primary N) is 2. The molecule has 2 aliphatic carbocycles. The van der Waals surface area contributed by atoms with Gasteiger partial charge in [0.2, 0.25) is 0 Å². The molecule has 44 heavy (non-hydrogen) atoms. The Labute approximate surface area is 255 Å². The number of nitrogen functional groups attached to an aromatic ring is 1. The number of nitrogens with one attached hydrogen (secondary N) is 2. The van der Waals surface area contributed by atoms with E-state index < -0.39 is 5.91 Å². The summed E-state index contributed by atoms with van der Waals surface area (Å²) >= 11 is 0. The number of rotatable bonds is 6. The first-order chi connectivity index (χ1) is 21.5. The molecule has 0 radical (unpaired) electrons. The van der Waals surface area contributed by atoms with Crippen molar-refractivity contribution in [3.63, 3.8) is 0 Å². The van der Waals surface area contributed by atoms with Gasteiger partial charge in [0.15, 0.2) is 0 Å². The second-order valence-electron chi connectivity index (χ2n) is 11.9. The Kier molecular flexibility index (Phi) is 6.19. The quantitative estimate of drug-likeness (QED) is 0.154. The number of carbonyl (C=O) groups is 1. The number of anilines is 3. The van der Waals surface area contributed by atoms with Crippen LogP contribution >= 0.6 is 0 Å². The predicted molar refractivity (Wildman–Crippen MR) is 178 cm³/mol. The molecule has 2 aliphatic rings. The molecule has 216 valence electrons. The smallest absolute Gasteiger partial charge is 0.252 e. The van der Waals surface area contributed by atoms with Gasteiger partial charge in [0.25, 0.3) is 5.91 Å². The molecule has 0 unspecified atom stereocenters. The highest BCUT2D eigenvalue weighted by Crippen LogP contribution is 2.39. The number of carbonyl (C=O) groups excluding carboxylic acids is 1. The zero-order valence-corrected chi connectivity index (χ0v) is 24.2. The van der Waals surface area contributed by atoms with Gasteiger partial charge in [-0.25, -0.2) is 9.97 Å². The summed E-state index contributed by atoms with van der Waals surface area (Å²) in [7, 11) is 0. The Morgan fingerprint density at radius 1 is 0.682 bits per heavy atom. The molecule has 0 fully saturated rings. The van der Waals surface area contributed by atoms with Gasteiger partial charge in [0, 0.05) is 22.0 Å². The Morgan fingerprint density at radius 2 is 1.27 bits per heavy atom. The van der Waals surface area contributed by atoms with Crippen LogP contribution < -0.4 is 22.1 Å². The number of amides is 1. The Bertz CT molecular complexity index is 2100. The van der Waals surface area contributed by atoms with Gasteiger partial charge in [-0.2, -0.15) is 0 Å². The number of pyridine rings is 2. The first-order valence-electron chi connectivity index (χ1n) is 15.1. The number of aromatic nitrogens is 2. The maximum absolute atomic E-state index is 12.7. The maximum atomic E-state index is 12.7. The van der Waals surface area contributed by atoms with Crippen LogP contribution in [-0.2, 0) is 12.8 Å². The van der Waals surface area contributed by atoms with Crippen LogP contribution in [0, 0.1) is 0 Å². The van der Waals surface area contributed by atoms with Gasteiger partial charge >= 0.3 is 0 Å². The molecule has 7 heteroatoms. The van der Waals surface area contributed by atoms with Crippen LogP contribution in [0.1, 0.15) is 57.5 Å². The van der Waals surface area contributed by atoms with Crippen molar-refractivity contribution in [3.8, 4) is 11.1 Å². The summed E-state index contributed by atoms with van der Waals surface area (Å²) in [5.41, 5.74) is 22.0. The standard InChI is InChI=1S/C37H32N6O/c38-26-12-16-32-25(18-26)19-29(36(40-32)42-33-14-9-21-5-1-3-7-27(21)33)23-11-13-31-24(17-23)20-30(35(39)44)37(41-31)43-34-15-10-22-6-2-4-8-28(22)34/h1-8,11-13,16-20,33-34H,9-10,14-15,38H2,(H2,39,44)(H,40,42)(H,41,43)/t33-,34-/m1/s1. The number of nitrogens with zero attached hydrogens (tertiary/aromatic N) is 2. The van der Waals surface area contributed by atoms with Gasteiger partial charge < -0.3 is 22.1 Å². The van der Waals surface area contributed by atoms with Crippen LogP contribution in [-0.4, -0.2) is 15.9 Å². The Balaban J connectivity index is 1.21. The van der Waals surface area contributed by atoms with E-state index in [4.69, 9.17) is 21.4 Å². The summed E-state index contributed by atoms with van der Waals surface area (Å²) in [6.45, 7) is 0. The molecule has 0 saturated heterocycles. The molecule has 0 saturated carbocycles. The fourth-order valence-electron chi connectivity index (χ4n) is 6.91. The van der Waals surface area contributed by atoms with Crippen molar-refractivity contribution in [2.24, 2.45) is 5.73 Å². The minimum atomic E-state index is -0.510. The number of benzene rings is 4. The van der Waals surface area contributed by atoms with Crippen molar-refractivity contribution in [2.45, 2.75) is 37.8 Å². The zero-order valence-electron chi connectivity index (χ0n) is 24.2. The van der Waals surface area contributed by atoms with Crippen molar-refractivity contribution in [3.05, 3.63) is 125 Å². The molecule has 2 aromatic heterocycles. The van der Waals surface area contributed by atoms with Crippen LogP contribution in [0.4, 0.5) is 17.3 Å². The van der Waals surface area contributed by atoms with E-state index in [0.717, 1.165) is 64.4 Å². The van der Waals surface area contributed by atoms with E-state index in [9.17, 15) is 4.79 Å². The van der Waals surface area contributed by atoms with Gasteiger partial charge in [0.05, 0.1) is 28.7 Å². The lowest BCUT2D eigenvalue weighted by Crippen LogP contribution is -2.17. The fourth-order valence-corrected chi connectivity index (χ4v) is 6.91. The van der Waals surface area contributed by atoms with Gasteiger partial charge in [-0.3, -0.25) is 4.79 Å². The van der Waals surface area contributed by atoms with E-state index in [2.05, 4.69) is 71.3 Å². The van der Waals surface area contributed by atoms with Crippen molar-refractivity contribution in [2.75, 3.05) is 16.4 Å². The van der Waals surface area contributed by atoms with Crippen LogP contribution in [0.2, 0.25) is 0 Å². The summed E-state index contributed by atoms with van der Waals surface area (Å²) in [5.74, 6) is 0.817. The topological polar surface area (TPSA) is 119 Å². The first kappa shape index (κ1) is 26.2. The second-order valence-corrected chi connectivity index (χ2v) is 11.9. The highest BCUT2D eigenvalue weighted by atomic mass is 16.1. The van der Waals surface area contributed by atoms with Crippen molar-refractivity contribution in [1.29, 1.82) is 0 Å². The zero-order chi connectivity index (χ0) is 29.8. The third-order valence-electron chi connectivity index (χ3n) is 9.12. The van der Waals surface area contributed by atoms with E-state index in [0.29, 0.717) is 17.1 Å². The number of aryl methyl sites for hydroxylation is 2. The number of primary amides is 1. The van der Waals surface area contributed by atoms with Crippen LogP contribution in [0.3, 0.4) is 0 Å². The minimum absolute atomic E-state index is 0.0824.